The van der Waals surface area contributed by atoms with Crippen molar-refractivity contribution in [3.63, 3.8) is 0 Å². The first-order valence-corrected chi connectivity index (χ1v) is 12.0. The summed E-state index contributed by atoms with van der Waals surface area (Å²) < 4.78 is 2.29. The van der Waals surface area contributed by atoms with Gasteiger partial charge in [0.2, 0.25) is 0 Å². The molecule has 0 saturated heterocycles. The lowest BCUT2D eigenvalue weighted by atomic mass is 10.2. The highest BCUT2D eigenvalue weighted by Crippen LogP contribution is 2.43. The highest BCUT2D eigenvalue weighted by atomic mass is 32.2. The van der Waals surface area contributed by atoms with E-state index in [1.165, 1.54) is 12.8 Å². The van der Waals surface area contributed by atoms with E-state index >= 15 is 0 Å². The van der Waals surface area contributed by atoms with Gasteiger partial charge in [-0.1, -0.05) is 24.3 Å². The Morgan fingerprint density at radius 1 is 0.966 bits per heavy atom. The van der Waals surface area contributed by atoms with Crippen molar-refractivity contribution in [2.75, 3.05) is 0 Å². The van der Waals surface area contributed by atoms with Gasteiger partial charge in [0.25, 0.3) is 0 Å². The quantitative estimate of drug-likeness (QED) is 0.311. The average Bonchev–Trinajstić information content (AvgIpc) is 3.19. The maximum absolute atomic E-state index is 4.91. The largest absolute Gasteiger partial charge is 0.298 e. The standard InChI is InChI=1S/C21H15N5S3/c1-2-5-16-15(4-1)20(23-18(22-16)13-9-11-27-12-13)29-21-25-24-19(17-6-3-10-28-17)26(21)14-7-8-14/h1-6,9-12,14H,7-8H2. The minimum absolute atomic E-state index is 0.481. The smallest absolute Gasteiger partial charge is 0.198 e. The van der Waals surface area contributed by atoms with Crippen LogP contribution in [0.3, 0.4) is 0 Å². The summed E-state index contributed by atoms with van der Waals surface area (Å²) in [4.78, 5) is 10.8. The lowest BCUT2D eigenvalue weighted by Gasteiger charge is -2.10. The highest BCUT2D eigenvalue weighted by Gasteiger charge is 2.31. The summed E-state index contributed by atoms with van der Waals surface area (Å²) in [5.74, 6) is 1.71. The van der Waals surface area contributed by atoms with Gasteiger partial charge < -0.3 is 0 Å². The molecule has 4 heterocycles. The van der Waals surface area contributed by atoms with Crippen LogP contribution in [-0.4, -0.2) is 24.7 Å². The first-order valence-electron chi connectivity index (χ1n) is 9.33. The van der Waals surface area contributed by atoms with Crippen molar-refractivity contribution in [1.29, 1.82) is 0 Å². The van der Waals surface area contributed by atoms with E-state index in [2.05, 4.69) is 55.2 Å². The molecule has 29 heavy (non-hydrogen) atoms. The lowest BCUT2D eigenvalue weighted by molar-refractivity contribution is 0.669. The van der Waals surface area contributed by atoms with Gasteiger partial charge in [0.15, 0.2) is 16.8 Å². The van der Waals surface area contributed by atoms with Crippen LogP contribution in [0.5, 0.6) is 0 Å². The number of hydrogen-bond acceptors (Lipinski definition) is 7. The van der Waals surface area contributed by atoms with E-state index in [-0.39, 0.29) is 0 Å². The van der Waals surface area contributed by atoms with Crippen LogP contribution >= 0.6 is 34.4 Å². The van der Waals surface area contributed by atoms with Crippen molar-refractivity contribution < 1.29 is 0 Å². The molecule has 8 heteroatoms. The number of rotatable bonds is 5. The molecule has 1 aliphatic rings. The molecule has 0 unspecified atom stereocenters. The molecule has 6 rings (SSSR count). The molecule has 0 aliphatic heterocycles. The second-order valence-corrected chi connectivity index (χ2v) is 9.55. The van der Waals surface area contributed by atoms with Crippen LogP contribution in [0.4, 0.5) is 0 Å². The van der Waals surface area contributed by atoms with Crippen LogP contribution in [0.1, 0.15) is 18.9 Å². The van der Waals surface area contributed by atoms with E-state index in [0.717, 1.165) is 43.2 Å². The third-order valence-electron chi connectivity index (χ3n) is 4.85. The van der Waals surface area contributed by atoms with Crippen LogP contribution in [0, 0.1) is 0 Å². The van der Waals surface area contributed by atoms with Crippen LogP contribution in [-0.2, 0) is 0 Å². The average molecular weight is 434 g/mol. The maximum Gasteiger partial charge on any atom is 0.198 e. The Labute approximate surface area is 179 Å². The molecule has 0 amide bonds. The predicted octanol–water partition coefficient (Wildman–Crippen LogP) is 6.16. The van der Waals surface area contributed by atoms with Gasteiger partial charge in [0, 0.05) is 22.4 Å². The molecule has 0 atom stereocenters. The van der Waals surface area contributed by atoms with Crippen LogP contribution in [0.2, 0.25) is 0 Å². The Bertz CT molecular complexity index is 1290. The van der Waals surface area contributed by atoms with Crippen molar-refractivity contribution in [1.82, 2.24) is 24.7 Å². The zero-order chi connectivity index (χ0) is 19.2. The lowest BCUT2D eigenvalue weighted by Crippen LogP contribution is -2.00. The van der Waals surface area contributed by atoms with E-state index in [0.29, 0.717) is 6.04 Å². The van der Waals surface area contributed by atoms with Gasteiger partial charge in [-0.2, -0.15) is 11.3 Å². The number of benzene rings is 1. The highest BCUT2D eigenvalue weighted by molar-refractivity contribution is 7.99. The van der Waals surface area contributed by atoms with Gasteiger partial charge in [-0.05, 0) is 53.6 Å². The third-order valence-corrected chi connectivity index (χ3v) is 7.37. The van der Waals surface area contributed by atoms with Gasteiger partial charge in [-0.15, -0.1) is 21.5 Å². The Morgan fingerprint density at radius 2 is 1.90 bits per heavy atom. The molecule has 5 aromatic rings. The first-order chi connectivity index (χ1) is 14.4. The molecule has 1 aromatic carbocycles. The summed E-state index contributed by atoms with van der Waals surface area (Å²) in [7, 11) is 0. The van der Waals surface area contributed by atoms with Crippen LogP contribution in [0.15, 0.2) is 68.8 Å². The SMILES string of the molecule is c1csc(-c2nnc(Sc3nc(-c4ccsc4)nc4ccccc34)n2C2CC2)c1. The number of fused-ring (bicyclic) bond motifs is 1. The fraction of sp³-hybridized carbons (Fsp3) is 0.143. The van der Waals surface area contributed by atoms with Crippen molar-refractivity contribution in [3.05, 3.63) is 58.6 Å². The Hall–Kier alpha value is -2.55. The molecule has 0 spiro atoms. The molecule has 5 nitrogen and oxygen atoms in total. The molecular formula is C21H15N5S3. The Kier molecular flexibility index (Phi) is 4.21. The third kappa shape index (κ3) is 3.17. The van der Waals surface area contributed by atoms with Crippen molar-refractivity contribution in [2.45, 2.75) is 29.1 Å². The Morgan fingerprint density at radius 3 is 2.69 bits per heavy atom. The summed E-state index contributed by atoms with van der Waals surface area (Å²) in [5.41, 5.74) is 1.99. The van der Waals surface area contributed by atoms with Crippen molar-refractivity contribution >= 4 is 45.3 Å². The summed E-state index contributed by atoms with van der Waals surface area (Å²) in [6.45, 7) is 0. The second-order valence-electron chi connectivity index (χ2n) is 6.87. The number of para-hydroxylation sites is 1. The van der Waals surface area contributed by atoms with Crippen LogP contribution < -0.4 is 0 Å². The fourth-order valence-corrected chi connectivity index (χ4v) is 5.66. The zero-order valence-electron chi connectivity index (χ0n) is 15.2. The van der Waals surface area contributed by atoms with Crippen LogP contribution in [0.25, 0.3) is 33.0 Å². The van der Waals surface area contributed by atoms with Crippen molar-refractivity contribution in [2.24, 2.45) is 0 Å². The summed E-state index contributed by atoms with van der Waals surface area (Å²) >= 11 is 4.94. The van der Waals surface area contributed by atoms with Gasteiger partial charge in [0.1, 0.15) is 5.03 Å². The molecule has 4 aromatic heterocycles. The fourth-order valence-electron chi connectivity index (χ4n) is 3.31. The molecule has 142 valence electrons. The van der Waals surface area contributed by atoms with E-state index in [1.807, 2.05) is 18.2 Å². The molecule has 0 N–H and O–H groups in total. The van der Waals surface area contributed by atoms with E-state index < -0.39 is 0 Å². The summed E-state index contributed by atoms with van der Waals surface area (Å²) in [6, 6.07) is 14.9. The normalized spacial score (nSPS) is 13.9. The second kappa shape index (κ2) is 7.05. The summed E-state index contributed by atoms with van der Waals surface area (Å²) in [5, 5.41) is 18.2. The molecule has 1 aliphatic carbocycles. The zero-order valence-corrected chi connectivity index (χ0v) is 17.7. The minimum Gasteiger partial charge on any atom is -0.298 e. The van der Waals surface area contributed by atoms with E-state index in [9.17, 15) is 0 Å². The molecule has 0 bridgehead atoms. The number of hydrogen-bond donors (Lipinski definition) is 0. The molecule has 1 saturated carbocycles. The van der Waals surface area contributed by atoms with Gasteiger partial charge in [0.05, 0.1) is 10.4 Å². The maximum atomic E-state index is 4.91. The Balaban J connectivity index is 1.48. The van der Waals surface area contributed by atoms with Gasteiger partial charge >= 0.3 is 0 Å². The number of nitrogens with zero attached hydrogens (tertiary/aromatic N) is 5. The van der Waals surface area contributed by atoms with E-state index in [1.54, 1.807) is 34.4 Å². The monoisotopic (exact) mass is 433 g/mol. The predicted molar refractivity (Wildman–Crippen MR) is 119 cm³/mol. The number of thiophene rings is 2. The minimum atomic E-state index is 0.481. The molecular weight excluding hydrogens is 418 g/mol. The number of aromatic nitrogens is 5. The first kappa shape index (κ1) is 17.3. The molecule has 0 radical (unpaired) electrons. The van der Waals surface area contributed by atoms with Gasteiger partial charge in [-0.25, -0.2) is 9.97 Å². The van der Waals surface area contributed by atoms with E-state index in [4.69, 9.17) is 9.97 Å². The molecule has 1 fully saturated rings. The summed E-state index contributed by atoms with van der Waals surface area (Å²) in [6.07, 6.45) is 2.35. The topological polar surface area (TPSA) is 56.5 Å². The van der Waals surface area contributed by atoms with Gasteiger partial charge in [-0.3, -0.25) is 4.57 Å². The van der Waals surface area contributed by atoms with Crippen molar-refractivity contribution in [3.8, 4) is 22.1 Å².